The molecule has 1 saturated heterocycles. The van der Waals surface area contributed by atoms with E-state index in [1.165, 1.54) is 11.3 Å². The Balaban J connectivity index is 0.00000450. The van der Waals surface area contributed by atoms with Gasteiger partial charge in [0.05, 0.1) is 18.3 Å². The smallest absolute Gasteiger partial charge is 0.350 e. The van der Waals surface area contributed by atoms with Crippen LogP contribution in [-0.2, 0) is 4.74 Å². The number of ether oxygens (including phenoxy) is 1. The number of rotatable bonds is 8. The van der Waals surface area contributed by atoms with Crippen molar-refractivity contribution < 1.29 is 9.53 Å². The molecule has 0 bridgehead atoms. The molecule has 0 aliphatic carbocycles. The Morgan fingerprint density at radius 1 is 1.30 bits per heavy atom. The van der Waals surface area contributed by atoms with Crippen LogP contribution in [0.4, 0.5) is 0 Å². The topological polar surface area (TPSA) is 82.1 Å². The number of hydrogen-bond donors (Lipinski definition) is 2. The maximum atomic E-state index is 12.0. The molecule has 2 rings (SSSR count). The summed E-state index contributed by atoms with van der Waals surface area (Å²) < 4.78 is 5.11. The van der Waals surface area contributed by atoms with Crippen molar-refractivity contribution in [2.45, 2.75) is 33.7 Å². The van der Waals surface area contributed by atoms with Crippen LogP contribution in [0.3, 0.4) is 0 Å². The summed E-state index contributed by atoms with van der Waals surface area (Å²) in [5, 5.41) is 7.64. The predicted octanol–water partition coefficient (Wildman–Crippen LogP) is 2.36. The lowest BCUT2D eigenvalue weighted by molar-refractivity contribution is 0.0531. The van der Waals surface area contributed by atoms with E-state index in [1.807, 2.05) is 13.8 Å². The van der Waals surface area contributed by atoms with Crippen LogP contribution < -0.4 is 10.6 Å². The van der Waals surface area contributed by atoms with Crippen molar-refractivity contribution >= 4 is 47.2 Å². The fourth-order valence-corrected chi connectivity index (χ4v) is 4.22. The number of aromatic nitrogens is 1. The molecule has 0 radical (unpaired) electrons. The average molecular weight is 553 g/mol. The summed E-state index contributed by atoms with van der Waals surface area (Å²) >= 11 is 1.37. The number of nitrogens with one attached hydrogen (secondary N) is 2. The first-order valence-corrected chi connectivity index (χ1v) is 11.2. The zero-order chi connectivity index (χ0) is 21.4. The van der Waals surface area contributed by atoms with Crippen LogP contribution in [0.25, 0.3) is 0 Å². The molecule has 0 saturated carbocycles. The molecule has 0 amide bonds. The van der Waals surface area contributed by atoms with Crippen LogP contribution >= 0.6 is 35.3 Å². The van der Waals surface area contributed by atoms with E-state index >= 15 is 0 Å². The van der Waals surface area contributed by atoms with Crippen molar-refractivity contribution in [3.63, 3.8) is 0 Å². The third kappa shape index (κ3) is 8.27. The summed E-state index contributed by atoms with van der Waals surface area (Å²) in [6.07, 6.45) is 0. The fourth-order valence-electron chi connectivity index (χ4n) is 3.26. The molecule has 2 N–H and O–H groups in total. The molecule has 0 spiro atoms. The van der Waals surface area contributed by atoms with Crippen molar-refractivity contribution in [3.8, 4) is 0 Å². The largest absolute Gasteiger partial charge is 0.462 e. The molecule has 1 aliphatic heterocycles. The van der Waals surface area contributed by atoms with Gasteiger partial charge in [0.15, 0.2) is 5.96 Å². The second-order valence-corrected chi connectivity index (χ2v) is 8.75. The molecule has 8 nitrogen and oxygen atoms in total. The molecule has 2 heterocycles. The first kappa shape index (κ1) is 27.1. The van der Waals surface area contributed by atoms with Gasteiger partial charge in [0.2, 0.25) is 0 Å². The van der Waals surface area contributed by atoms with E-state index in [4.69, 9.17) is 4.74 Å². The Bertz CT molecular complexity index is 691. The maximum absolute atomic E-state index is 12.0. The van der Waals surface area contributed by atoms with Gasteiger partial charge in [-0.3, -0.25) is 4.99 Å². The summed E-state index contributed by atoms with van der Waals surface area (Å²) in [7, 11) is 3.95. The predicted molar refractivity (Wildman–Crippen MR) is 134 cm³/mol. The van der Waals surface area contributed by atoms with Crippen LogP contribution in [0, 0.1) is 12.8 Å². The molecule has 1 aromatic rings. The van der Waals surface area contributed by atoms with Gasteiger partial charge in [-0.1, -0.05) is 6.92 Å². The van der Waals surface area contributed by atoms with Crippen molar-refractivity contribution in [2.24, 2.45) is 10.9 Å². The van der Waals surface area contributed by atoms with Crippen molar-refractivity contribution in [3.05, 3.63) is 15.6 Å². The molecule has 10 heteroatoms. The first-order valence-electron chi connectivity index (χ1n) is 10.4. The number of esters is 1. The van der Waals surface area contributed by atoms with Crippen LogP contribution in [0.15, 0.2) is 4.99 Å². The molecular formula is C20H37IN6O2S. The number of piperazine rings is 1. The molecule has 172 valence electrons. The zero-order valence-electron chi connectivity index (χ0n) is 19.0. The number of nitrogens with zero attached hydrogens (tertiary/aromatic N) is 4. The summed E-state index contributed by atoms with van der Waals surface area (Å²) in [5.41, 5.74) is 0.709. The number of halogens is 1. The number of carbonyl (C=O) groups excluding carboxylic acids is 1. The van der Waals surface area contributed by atoms with Crippen molar-refractivity contribution in [1.82, 2.24) is 25.4 Å². The SMILES string of the molecule is CCOC(=O)c1sc(C(C)NC(=NC)NCC(C)CN2CCN(C)CC2)nc1C.I. The first-order chi connectivity index (χ1) is 13.8. The molecule has 2 atom stereocenters. The molecule has 30 heavy (non-hydrogen) atoms. The Morgan fingerprint density at radius 3 is 2.57 bits per heavy atom. The molecule has 1 fully saturated rings. The molecule has 0 aromatic carbocycles. The number of aryl methyl sites for hydroxylation is 1. The quantitative estimate of drug-likeness (QED) is 0.222. The van der Waals surface area contributed by atoms with E-state index in [0.29, 0.717) is 23.1 Å². The monoisotopic (exact) mass is 552 g/mol. The van der Waals surface area contributed by atoms with Gasteiger partial charge in [-0.05, 0) is 33.7 Å². The van der Waals surface area contributed by atoms with Crippen LogP contribution in [-0.4, -0.2) is 86.7 Å². The van der Waals surface area contributed by atoms with Gasteiger partial charge in [-0.25, -0.2) is 9.78 Å². The van der Waals surface area contributed by atoms with Crippen molar-refractivity contribution in [1.29, 1.82) is 0 Å². The number of guanidine groups is 1. The number of likely N-dealkylation sites (N-methyl/N-ethyl adjacent to an activating group) is 1. The third-order valence-corrected chi connectivity index (χ3v) is 6.33. The van der Waals surface area contributed by atoms with E-state index in [-0.39, 0.29) is 36.0 Å². The standard InChI is InChI=1S/C20H36N6O2S.HI/c1-7-28-19(27)17-15(3)23-18(29-17)16(4)24-20(21-5)22-12-14(2)13-26-10-8-25(6)9-11-26;/h14,16H,7-13H2,1-6H3,(H2,21,22,24);1H. The lowest BCUT2D eigenvalue weighted by atomic mass is 10.1. The molecule has 1 aliphatic rings. The van der Waals surface area contributed by atoms with Gasteiger partial charge in [-0.2, -0.15) is 0 Å². The van der Waals surface area contributed by atoms with Crippen LogP contribution in [0.2, 0.25) is 0 Å². The van der Waals surface area contributed by atoms with E-state index in [9.17, 15) is 4.79 Å². The third-order valence-electron chi connectivity index (χ3n) is 5.00. The van der Waals surface area contributed by atoms with Crippen molar-refractivity contribution in [2.75, 3.05) is 60.0 Å². The highest BCUT2D eigenvalue weighted by Gasteiger charge is 2.20. The summed E-state index contributed by atoms with van der Waals surface area (Å²) in [6, 6.07) is -0.0546. The van der Waals surface area contributed by atoms with Gasteiger partial charge < -0.3 is 25.2 Å². The average Bonchev–Trinajstić information content (AvgIpc) is 3.09. The Morgan fingerprint density at radius 2 is 1.97 bits per heavy atom. The summed E-state index contributed by atoms with van der Waals surface area (Å²) in [4.78, 5) is 26.4. The second-order valence-electron chi connectivity index (χ2n) is 7.72. The molecule has 1 aromatic heterocycles. The minimum atomic E-state index is -0.304. The van der Waals surface area contributed by atoms with Gasteiger partial charge in [-0.15, -0.1) is 35.3 Å². The van der Waals surface area contributed by atoms with Crippen LogP contribution in [0.1, 0.15) is 47.2 Å². The Labute approximate surface area is 201 Å². The minimum absolute atomic E-state index is 0. The Hall–Kier alpha value is -0.980. The minimum Gasteiger partial charge on any atom is -0.462 e. The number of carbonyl (C=O) groups is 1. The normalized spacial score (nSPS) is 17.7. The zero-order valence-corrected chi connectivity index (χ0v) is 22.2. The summed E-state index contributed by atoms with van der Waals surface area (Å²) in [6.45, 7) is 14.8. The number of thiazole rings is 1. The van der Waals surface area contributed by atoms with Crippen LogP contribution in [0.5, 0.6) is 0 Å². The highest BCUT2D eigenvalue weighted by molar-refractivity contribution is 14.0. The lowest BCUT2D eigenvalue weighted by Crippen LogP contribution is -2.47. The van der Waals surface area contributed by atoms with E-state index in [1.54, 1.807) is 14.0 Å². The Kier molecular flexibility index (Phi) is 12.1. The van der Waals surface area contributed by atoms with Gasteiger partial charge in [0.25, 0.3) is 0 Å². The fraction of sp³-hybridized carbons (Fsp3) is 0.750. The highest BCUT2D eigenvalue weighted by atomic mass is 127. The van der Waals surface area contributed by atoms with Gasteiger partial charge >= 0.3 is 5.97 Å². The van der Waals surface area contributed by atoms with E-state index in [0.717, 1.165) is 50.2 Å². The van der Waals surface area contributed by atoms with E-state index < -0.39 is 0 Å². The number of hydrogen-bond acceptors (Lipinski definition) is 7. The number of aliphatic imine (C=N–C) groups is 1. The summed E-state index contributed by atoms with van der Waals surface area (Å²) in [5.74, 6) is 0.958. The van der Waals surface area contributed by atoms with Gasteiger partial charge in [0.1, 0.15) is 9.88 Å². The highest BCUT2D eigenvalue weighted by Crippen LogP contribution is 2.24. The molecular weight excluding hydrogens is 515 g/mol. The maximum Gasteiger partial charge on any atom is 0.350 e. The van der Waals surface area contributed by atoms with Gasteiger partial charge in [0, 0.05) is 46.3 Å². The second kappa shape index (κ2) is 13.4. The lowest BCUT2D eigenvalue weighted by Gasteiger charge is -2.34. The van der Waals surface area contributed by atoms with E-state index in [2.05, 4.69) is 44.4 Å². The molecule has 2 unspecified atom stereocenters.